The molecule has 0 heterocycles. The molecule has 1 unspecified atom stereocenters. The van der Waals surface area contributed by atoms with Gasteiger partial charge in [-0.15, -0.1) is 0 Å². The summed E-state index contributed by atoms with van der Waals surface area (Å²) in [5.41, 5.74) is 0. The zero-order valence-electron chi connectivity index (χ0n) is 46.9. The Hall–Kier alpha value is -1.59. The Bertz CT molecular complexity index is 1060. The maximum Gasteiger partial charge on any atom is 0.306 e. The molecule has 0 aliphatic carbocycles. The molecule has 0 aromatic carbocycles. The first-order valence-electron chi connectivity index (χ1n) is 30.6. The Kier molecular flexibility index (Phi) is 52.0. The lowest BCUT2D eigenvalue weighted by atomic mass is 9.99. The first-order chi connectivity index (χ1) is 33.1. The highest BCUT2D eigenvalue weighted by molar-refractivity contribution is 5.71. The van der Waals surface area contributed by atoms with E-state index in [1.54, 1.807) is 0 Å². The normalized spacial score (nSPS) is 12.5. The fourth-order valence-corrected chi connectivity index (χ4v) is 9.50. The van der Waals surface area contributed by atoms with Gasteiger partial charge in [-0.1, -0.05) is 305 Å². The monoisotopic (exact) mass is 961 g/mol. The van der Waals surface area contributed by atoms with Crippen molar-refractivity contribution in [1.82, 2.24) is 0 Å². The molecular formula is C62H120O6. The van der Waals surface area contributed by atoms with Gasteiger partial charge < -0.3 is 14.2 Å². The maximum atomic E-state index is 12.8. The summed E-state index contributed by atoms with van der Waals surface area (Å²) in [4.78, 5) is 38.1. The number of hydrogen-bond donors (Lipinski definition) is 0. The second kappa shape index (κ2) is 53.2. The molecular weight excluding hydrogens is 841 g/mol. The Balaban J connectivity index is 4.14. The van der Waals surface area contributed by atoms with Gasteiger partial charge in [0, 0.05) is 19.3 Å². The van der Waals surface area contributed by atoms with E-state index in [0.717, 1.165) is 75.5 Å². The molecule has 68 heavy (non-hydrogen) atoms. The van der Waals surface area contributed by atoms with Gasteiger partial charge >= 0.3 is 17.9 Å². The van der Waals surface area contributed by atoms with Crippen molar-refractivity contribution in [1.29, 1.82) is 0 Å². The minimum atomic E-state index is -0.764. The molecule has 0 aromatic heterocycles. The van der Waals surface area contributed by atoms with Crippen LogP contribution in [0.25, 0.3) is 0 Å². The van der Waals surface area contributed by atoms with Gasteiger partial charge in [0.2, 0.25) is 0 Å². The van der Waals surface area contributed by atoms with Crippen LogP contribution in [-0.2, 0) is 28.6 Å². The fraction of sp³-hybridized carbons (Fsp3) is 0.952. The van der Waals surface area contributed by atoms with Crippen LogP contribution >= 0.6 is 0 Å². The summed E-state index contributed by atoms with van der Waals surface area (Å²) in [6.45, 7) is 13.8. The van der Waals surface area contributed by atoms with Gasteiger partial charge in [-0.3, -0.25) is 14.4 Å². The molecule has 404 valence electrons. The molecule has 0 fully saturated rings. The van der Waals surface area contributed by atoms with Crippen molar-refractivity contribution in [3.05, 3.63) is 0 Å². The maximum absolute atomic E-state index is 12.8. The minimum absolute atomic E-state index is 0.0644. The highest BCUT2D eigenvalue weighted by Gasteiger charge is 2.19. The van der Waals surface area contributed by atoms with E-state index in [1.807, 2.05) is 0 Å². The molecule has 6 heteroatoms. The summed E-state index contributed by atoms with van der Waals surface area (Å²) in [6, 6.07) is 0. The van der Waals surface area contributed by atoms with Crippen LogP contribution in [0, 0.1) is 17.8 Å². The molecule has 0 radical (unpaired) electrons. The van der Waals surface area contributed by atoms with E-state index < -0.39 is 6.10 Å². The van der Waals surface area contributed by atoms with E-state index in [0.29, 0.717) is 19.3 Å². The number of unbranched alkanes of at least 4 members (excludes halogenated alkanes) is 37. The molecule has 0 spiro atoms. The van der Waals surface area contributed by atoms with E-state index in [9.17, 15) is 14.4 Å². The van der Waals surface area contributed by atoms with E-state index in [1.165, 1.54) is 225 Å². The molecule has 2 atom stereocenters. The minimum Gasteiger partial charge on any atom is -0.462 e. The van der Waals surface area contributed by atoms with Gasteiger partial charge in [0.05, 0.1) is 0 Å². The van der Waals surface area contributed by atoms with Crippen molar-refractivity contribution in [2.24, 2.45) is 17.8 Å². The summed E-state index contributed by atoms with van der Waals surface area (Å²) in [5, 5.41) is 0. The molecule has 6 nitrogen and oxygen atoms in total. The summed E-state index contributed by atoms with van der Waals surface area (Å²) >= 11 is 0. The number of ether oxygens (including phenoxy) is 3. The smallest absolute Gasteiger partial charge is 0.306 e. The van der Waals surface area contributed by atoms with Crippen molar-refractivity contribution >= 4 is 17.9 Å². The Morgan fingerprint density at radius 3 is 0.765 bits per heavy atom. The lowest BCUT2D eigenvalue weighted by Crippen LogP contribution is -2.30. The van der Waals surface area contributed by atoms with E-state index in [4.69, 9.17) is 14.2 Å². The standard InChI is InChI=1S/C62H120O6/c1-7-58(6)50-44-38-31-27-23-19-15-10-8-9-11-16-20-24-28-32-39-45-51-60(63)66-54-59(68-62(65)53-47-41-35-34-37-43-49-57(4)5)55-67-61(64)52-46-40-33-29-25-21-17-13-12-14-18-22-26-30-36-42-48-56(2)3/h56-59H,7-55H2,1-6H3/t58?,59-/m1/s1. The first-order valence-corrected chi connectivity index (χ1v) is 30.6. The molecule has 0 saturated heterocycles. The molecule has 0 bridgehead atoms. The highest BCUT2D eigenvalue weighted by atomic mass is 16.6. The number of esters is 3. The third-order valence-corrected chi connectivity index (χ3v) is 14.5. The van der Waals surface area contributed by atoms with Gasteiger partial charge in [0.15, 0.2) is 6.10 Å². The van der Waals surface area contributed by atoms with Crippen LogP contribution in [-0.4, -0.2) is 37.2 Å². The Morgan fingerprint density at radius 1 is 0.294 bits per heavy atom. The van der Waals surface area contributed by atoms with Crippen LogP contribution in [0.1, 0.15) is 343 Å². The van der Waals surface area contributed by atoms with Crippen LogP contribution in [0.4, 0.5) is 0 Å². The summed E-state index contributed by atoms with van der Waals surface area (Å²) < 4.78 is 16.9. The molecule has 0 aromatic rings. The summed E-state index contributed by atoms with van der Waals surface area (Å²) in [5.74, 6) is 1.67. The van der Waals surface area contributed by atoms with Crippen LogP contribution in [0.3, 0.4) is 0 Å². The Labute approximate surface area is 425 Å². The van der Waals surface area contributed by atoms with Crippen molar-refractivity contribution in [2.75, 3.05) is 13.2 Å². The van der Waals surface area contributed by atoms with Crippen molar-refractivity contribution in [2.45, 2.75) is 349 Å². The lowest BCUT2D eigenvalue weighted by molar-refractivity contribution is -0.167. The Morgan fingerprint density at radius 2 is 0.515 bits per heavy atom. The highest BCUT2D eigenvalue weighted by Crippen LogP contribution is 2.19. The predicted molar refractivity (Wildman–Crippen MR) is 293 cm³/mol. The summed E-state index contributed by atoms with van der Waals surface area (Å²) in [7, 11) is 0. The van der Waals surface area contributed by atoms with Gasteiger partial charge in [0.1, 0.15) is 13.2 Å². The van der Waals surface area contributed by atoms with Gasteiger partial charge in [-0.05, 0) is 37.0 Å². The number of carbonyl (C=O) groups is 3. The predicted octanol–water partition coefficient (Wildman–Crippen LogP) is 20.3. The van der Waals surface area contributed by atoms with Crippen molar-refractivity contribution < 1.29 is 28.6 Å². The van der Waals surface area contributed by atoms with Gasteiger partial charge in [-0.25, -0.2) is 0 Å². The molecule has 0 saturated carbocycles. The summed E-state index contributed by atoms with van der Waals surface area (Å²) in [6.07, 6.45) is 56.9. The van der Waals surface area contributed by atoms with Gasteiger partial charge in [-0.2, -0.15) is 0 Å². The average Bonchev–Trinajstić information content (AvgIpc) is 3.31. The van der Waals surface area contributed by atoms with Crippen LogP contribution in [0.2, 0.25) is 0 Å². The van der Waals surface area contributed by atoms with Gasteiger partial charge in [0.25, 0.3) is 0 Å². The fourth-order valence-electron chi connectivity index (χ4n) is 9.50. The second-order valence-electron chi connectivity index (χ2n) is 22.5. The third-order valence-electron chi connectivity index (χ3n) is 14.5. The zero-order valence-corrected chi connectivity index (χ0v) is 46.9. The third kappa shape index (κ3) is 53.8. The van der Waals surface area contributed by atoms with Crippen LogP contribution in [0.15, 0.2) is 0 Å². The molecule has 0 N–H and O–H groups in total. The average molecular weight is 962 g/mol. The topological polar surface area (TPSA) is 78.9 Å². The zero-order chi connectivity index (χ0) is 49.8. The van der Waals surface area contributed by atoms with Crippen LogP contribution in [0.5, 0.6) is 0 Å². The lowest BCUT2D eigenvalue weighted by Gasteiger charge is -2.18. The quantitative estimate of drug-likeness (QED) is 0.0343. The molecule has 0 rings (SSSR count). The largest absolute Gasteiger partial charge is 0.462 e. The SMILES string of the molecule is CCC(C)CCCCCCCCCCCCCCCCCCCCC(=O)OC[C@H](COC(=O)CCCCCCCCCCCCCCCCCCC(C)C)OC(=O)CCCCCCCCC(C)C. The van der Waals surface area contributed by atoms with E-state index in [-0.39, 0.29) is 31.1 Å². The van der Waals surface area contributed by atoms with Crippen LogP contribution < -0.4 is 0 Å². The molecule has 0 amide bonds. The van der Waals surface area contributed by atoms with E-state index >= 15 is 0 Å². The number of carbonyl (C=O) groups excluding carboxylic acids is 3. The molecule has 0 aliphatic heterocycles. The molecule has 0 aliphatic rings. The van der Waals surface area contributed by atoms with E-state index in [2.05, 4.69) is 41.5 Å². The first kappa shape index (κ1) is 66.4. The van der Waals surface area contributed by atoms with Crippen molar-refractivity contribution in [3.63, 3.8) is 0 Å². The number of rotatable bonds is 55. The van der Waals surface area contributed by atoms with Crippen molar-refractivity contribution in [3.8, 4) is 0 Å². The second-order valence-corrected chi connectivity index (χ2v) is 22.5. The number of hydrogen-bond acceptors (Lipinski definition) is 6.